The van der Waals surface area contributed by atoms with Gasteiger partial charge in [-0.1, -0.05) is 46.9 Å². The lowest BCUT2D eigenvalue weighted by Gasteiger charge is -2.19. The summed E-state index contributed by atoms with van der Waals surface area (Å²) in [5, 5.41) is 2.77. The zero-order valence-corrected chi connectivity index (χ0v) is 22.5. The fourth-order valence-corrected chi connectivity index (χ4v) is 4.38. The van der Waals surface area contributed by atoms with Crippen molar-refractivity contribution >= 4 is 34.2 Å². The van der Waals surface area contributed by atoms with Crippen LogP contribution in [0.15, 0.2) is 60.9 Å². The van der Waals surface area contributed by atoms with E-state index in [1.165, 1.54) is 30.5 Å². The van der Waals surface area contributed by atoms with E-state index in [0.29, 0.717) is 42.7 Å². The highest BCUT2D eigenvalue weighted by molar-refractivity contribution is 14.1. The molecule has 1 heterocycles. The number of hydrogen-bond donors (Lipinski definition) is 2. The molecule has 198 valence electrons. The lowest BCUT2D eigenvalue weighted by Crippen LogP contribution is -2.32. The third kappa shape index (κ3) is 9.06. The number of halogens is 4. The first-order chi connectivity index (χ1) is 17.8. The average molecular weight is 627 g/mol. The van der Waals surface area contributed by atoms with Crippen molar-refractivity contribution in [1.29, 1.82) is 0 Å². The van der Waals surface area contributed by atoms with Crippen LogP contribution in [0, 0.1) is 17.5 Å². The van der Waals surface area contributed by atoms with E-state index in [4.69, 9.17) is 15.2 Å². The van der Waals surface area contributed by atoms with Crippen LogP contribution < -0.4 is 11.1 Å². The SMILES string of the molecule is COC[C@@H](N)CO[C@@H](I)CCc1c(F)cncc1NC(=O)CC(c1ccc(F)cc1)c1ccc(F)cc1. The van der Waals surface area contributed by atoms with Gasteiger partial charge < -0.3 is 20.5 Å². The number of nitrogens with one attached hydrogen (secondary N) is 1. The summed E-state index contributed by atoms with van der Waals surface area (Å²) < 4.78 is 52.1. The number of anilines is 1. The Labute approximate surface area is 227 Å². The van der Waals surface area contributed by atoms with E-state index in [2.05, 4.69) is 32.9 Å². The molecule has 0 aliphatic carbocycles. The maximum atomic E-state index is 14.7. The maximum absolute atomic E-state index is 14.7. The number of carbonyl (C=O) groups is 1. The van der Waals surface area contributed by atoms with Gasteiger partial charge in [-0.15, -0.1) is 0 Å². The molecule has 1 aromatic heterocycles. The lowest BCUT2D eigenvalue weighted by molar-refractivity contribution is -0.116. The molecule has 0 saturated heterocycles. The number of benzene rings is 2. The van der Waals surface area contributed by atoms with Crippen molar-refractivity contribution in [3.05, 3.63) is 95.1 Å². The van der Waals surface area contributed by atoms with Crippen LogP contribution in [-0.4, -0.2) is 41.4 Å². The van der Waals surface area contributed by atoms with Crippen LogP contribution in [0.5, 0.6) is 0 Å². The molecule has 3 aromatic rings. The summed E-state index contributed by atoms with van der Waals surface area (Å²) in [5.41, 5.74) is 7.84. The Balaban J connectivity index is 1.71. The number of hydrogen-bond acceptors (Lipinski definition) is 5. The molecule has 3 N–H and O–H groups in total. The van der Waals surface area contributed by atoms with Gasteiger partial charge in [0.2, 0.25) is 5.91 Å². The van der Waals surface area contributed by atoms with Gasteiger partial charge in [0.15, 0.2) is 0 Å². The predicted molar refractivity (Wildman–Crippen MR) is 144 cm³/mol. The summed E-state index contributed by atoms with van der Waals surface area (Å²) in [7, 11) is 1.56. The summed E-state index contributed by atoms with van der Waals surface area (Å²) in [6.07, 6.45) is 3.26. The number of carbonyl (C=O) groups excluding carboxylic acids is 1. The quantitative estimate of drug-likeness (QED) is 0.197. The topological polar surface area (TPSA) is 86.5 Å². The molecule has 3 rings (SSSR count). The highest BCUT2D eigenvalue weighted by Crippen LogP contribution is 2.30. The van der Waals surface area contributed by atoms with Crippen molar-refractivity contribution in [1.82, 2.24) is 4.98 Å². The van der Waals surface area contributed by atoms with Crippen LogP contribution >= 0.6 is 22.6 Å². The molecule has 0 saturated carbocycles. The second kappa shape index (κ2) is 14.4. The van der Waals surface area contributed by atoms with Crippen LogP contribution in [0.2, 0.25) is 0 Å². The minimum absolute atomic E-state index is 0.0252. The molecule has 2 atom stereocenters. The fraction of sp³-hybridized carbons (Fsp3) is 0.333. The largest absolute Gasteiger partial charge is 0.383 e. The van der Waals surface area contributed by atoms with Crippen molar-refractivity contribution in [3.63, 3.8) is 0 Å². The summed E-state index contributed by atoms with van der Waals surface area (Å²) in [4.78, 5) is 17.0. The minimum atomic E-state index is -0.536. The molecular formula is C27H29F3IN3O3. The molecule has 0 radical (unpaired) electrons. The Morgan fingerprint density at radius 1 is 1.00 bits per heavy atom. The van der Waals surface area contributed by atoms with E-state index in [0.717, 1.165) is 6.20 Å². The van der Waals surface area contributed by atoms with Crippen LogP contribution in [-0.2, 0) is 20.7 Å². The number of nitrogens with zero attached hydrogens (tertiary/aromatic N) is 1. The van der Waals surface area contributed by atoms with Crippen molar-refractivity contribution in [2.45, 2.75) is 35.3 Å². The zero-order valence-electron chi connectivity index (χ0n) is 20.3. The van der Waals surface area contributed by atoms with Gasteiger partial charge in [0, 0.05) is 25.0 Å². The highest BCUT2D eigenvalue weighted by atomic mass is 127. The van der Waals surface area contributed by atoms with Gasteiger partial charge in [-0.2, -0.15) is 0 Å². The van der Waals surface area contributed by atoms with E-state index in [-0.39, 0.29) is 28.2 Å². The normalized spacial score (nSPS) is 12.9. The molecule has 37 heavy (non-hydrogen) atoms. The number of amides is 1. The molecule has 0 bridgehead atoms. The first-order valence-corrected chi connectivity index (χ1v) is 12.9. The fourth-order valence-electron chi connectivity index (χ4n) is 3.86. The molecular weight excluding hydrogens is 598 g/mol. The molecule has 2 aromatic carbocycles. The summed E-state index contributed by atoms with van der Waals surface area (Å²) in [6, 6.07) is 11.3. The van der Waals surface area contributed by atoms with Crippen molar-refractivity contribution < 1.29 is 27.4 Å². The lowest BCUT2D eigenvalue weighted by atomic mass is 9.88. The minimum Gasteiger partial charge on any atom is -0.383 e. The van der Waals surface area contributed by atoms with Gasteiger partial charge >= 0.3 is 0 Å². The Hall–Kier alpha value is -2.54. The third-order valence-corrected chi connectivity index (χ3v) is 6.69. The second-order valence-corrected chi connectivity index (χ2v) is 9.94. The molecule has 0 aliphatic heterocycles. The number of ether oxygens (including phenoxy) is 2. The average Bonchev–Trinajstić information content (AvgIpc) is 2.87. The monoisotopic (exact) mass is 627 g/mol. The predicted octanol–water partition coefficient (Wildman–Crippen LogP) is 5.34. The van der Waals surface area contributed by atoms with E-state index in [9.17, 15) is 18.0 Å². The smallest absolute Gasteiger partial charge is 0.225 e. The maximum Gasteiger partial charge on any atom is 0.225 e. The number of rotatable bonds is 13. The van der Waals surface area contributed by atoms with Crippen LogP contribution in [0.25, 0.3) is 0 Å². The van der Waals surface area contributed by atoms with Gasteiger partial charge in [-0.25, -0.2) is 13.2 Å². The number of methoxy groups -OCH3 is 1. The number of aromatic nitrogens is 1. The standard InChI is InChI=1S/C27H29F3IN3O3/c1-36-15-21(32)16-37-26(31)11-10-22-24(30)13-33-14-25(22)34-27(35)12-23(17-2-6-19(28)7-3-17)18-4-8-20(29)9-5-18/h2-9,13-14,21,23,26H,10-12,15-16,32H2,1H3,(H,34,35)/t21-,26-/m1/s1. The molecule has 0 aliphatic rings. The van der Waals surface area contributed by atoms with Gasteiger partial charge in [0.1, 0.15) is 21.6 Å². The van der Waals surface area contributed by atoms with E-state index >= 15 is 0 Å². The van der Waals surface area contributed by atoms with Gasteiger partial charge in [0.25, 0.3) is 0 Å². The Bertz CT molecular complexity index is 1100. The number of nitrogens with two attached hydrogens (primary N) is 1. The molecule has 10 heteroatoms. The van der Waals surface area contributed by atoms with Crippen molar-refractivity contribution in [2.75, 3.05) is 25.6 Å². The molecule has 1 amide bonds. The highest BCUT2D eigenvalue weighted by Gasteiger charge is 2.21. The first-order valence-electron chi connectivity index (χ1n) is 11.7. The molecule has 0 fully saturated rings. The van der Waals surface area contributed by atoms with E-state index in [1.54, 1.807) is 31.4 Å². The molecule has 0 spiro atoms. The number of alkyl halides is 1. The summed E-state index contributed by atoms with van der Waals surface area (Å²) in [6.45, 7) is 0.674. The van der Waals surface area contributed by atoms with Crippen molar-refractivity contribution in [3.8, 4) is 0 Å². The molecule has 0 unspecified atom stereocenters. The van der Waals surface area contributed by atoms with Crippen LogP contribution in [0.1, 0.15) is 35.4 Å². The second-order valence-electron chi connectivity index (χ2n) is 8.55. The van der Waals surface area contributed by atoms with Crippen LogP contribution in [0.3, 0.4) is 0 Å². The van der Waals surface area contributed by atoms with Gasteiger partial charge in [-0.05, 0) is 48.2 Å². The number of pyridine rings is 1. The third-order valence-electron chi connectivity index (χ3n) is 5.71. The van der Waals surface area contributed by atoms with Gasteiger partial charge in [-0.3, -0.25) is 9.78 Å². The summed E-state index contributed by atoms with van der Waals surface area (Å²) >= 11 is 2.11. The Morgan fingerprint density at radius 3 is 2.16 bits per heavy atom. The van der Waals surface area contributed by atoms with Crippen LogP contribution in [0.4, 0.5) is 18.9 Å². The van der Waals surface area contributed by atoms with Crippen molar-refractivity contribution in [2.24, 2.45) is 5.73 Å². The molecule has 6 nitrogen and oxygen atoms in total. The summed E-state index contributed by atoms with van der Waals surface area (Å²) in [5.74, 6) is -2.19. The van der Waals surface area contributed by atoms with E-state index in [1.807, 2.05) is 0 Å². The Kier molecular flexibility index (Phi) is 11.3. The first kappa shape index (κ1) is 29.0. The van der Waals surface area contributed by atoms with E-state index < -0.39 is 23.4 Å². The van der Waals surface area contributed by atoms with Gasteiger partial charge in [0.05, 0.1) is 37.3 Å². The Morgan fingerprint density at radius 2 is 1.59 bits per heavy atom. The zero-order chi connectivity index (χ0) is 26.8.